The van der Waals surface area contributed by atoms with E-state index in [9.17, 15) is 9.90 Å². The van der Waals surface area contributed by atoms with E-state index < -0.39 is 6.10 Å². The van der Waals surface area contributed by atoms with Gasteiger partial charge in [0.2, 0.25) is 5.91 Å². The molecule has 1 atom stereocenters. The molecule has 4 nitrogen and oxygen atoms in total. The molecule has 1 unspecified atom stereocenters. The molecule has 0 radical (unpaired) electrons. The summed E-state index contributed by atoms with van der Waals surface area (Å²) in [5, 5.41) is 15.4. The number of rotatable bonds is 7. The molecule has 1 aromatic rings. The Kier molecular flexibility index (Phi) is 9.40. The maximum absolute atomic E-state index is 11.4. The Labute approximate surface area is 122 Å². The van der Waals surface area contributed by atoms with E-state index in [4.69, 9.17) is 11.6 Å². The molecule has 0 spiro atoms. The molecule has 0 saturated carbocycles. The summed E-state index contributed by atoms with van der Waals surface area (Å²) < 4.78 is 0.638. The van der Waals surface area contributed by atoms with Crippen LogP contribution in [0.4, 0.5) is 0 Å². The summed E-state index contributed by atoms with van der Waals surface area (Å²) in [7, 11) is 1.85. The second-order valence-corrected chi connectivity index (χ2v) is 5.42. The number of amides is 1. The minimum atomic E-state index is -0.680. The van der Waals surface area contributed by atoms with Crippen molar-refractivity contribution in [1.82, 2.24) is 10.6 Å². The standard InChI is InChI=1S/C11H17ClN2O2S.ClH/c1-13-6-2-3-11(16)14-7-8(15)9-4-5-10(12)17-9;/h4-5,8,13,15H,2-3,6-7H2,1H3,(H,14,16);1H. The lowest BCUT2D eigenvalue weighted by Gasteiger charge is -2.10. The third-order valence-corrected chi connectivity index (χ3v) is 3.58. The Morgan fingerprint density at radius 1 is 1.56 bits per heavy atom. The zero-order chi connectivity index (χ0) is 12.7. The van der Waals surface area contributed by atoms with Crippen molar-refractivity contribution in [3.8, 4) is 0 Å². The Morgan fingerprint density at radius 2 is 2.28 bits per heavy atom. The van der Waals surface area contributed by atoms with Gasteiger partial charge in [0.25, 0.3) is 0 Å². The molecular formula is C11H18Cl2N2O2S. The fourth-order valence-corrected chi connectivity index (χ4v) is 2.38. The Morgan fingerprint density at radius 3 is 2.83 bits per heavy atom. The molecule has 0 aliphatic carbocycles. The zero-order valence-electron chi connectivity index (χ0n) is 10.1. The van der Waals surface area contributed by atoms with Crippen LogP contribution in [0, 0.1) is 0 Å². The van der Waals surface area contributed by atoms with Crippen molar-refractivity contribution in [3.63, 3.8) is 0 Å². The van der Waals surface area contributed by atoms with Gasteiger partial charge < -0.3 is 15.7 Å². The maximum Gasteiger partial charge on any atom is 0.220 e. The number of carbonyl (C=O) groups is 1. The van der Waals surface area contributed by atoms with Crippen molar-refractivity contribution in [3.05, 3.63) is 21.3 Å². The van der Waals surface area contributed by atoms with Gasteiger partial charge in [-0.25, -0.2) is 0 Å². The van der Waals surface area contributed by atoms with Gasteiger partial charge in [-0.15, -0.1) is 23.7 Å². The average molecular weight is 313 g/mol. The first kappa shape index (κ1) is 17.7. The van der Waals surface area contributed by atoms with E-state index in [-0.39, 0.29) is 24.9 Å². The summed E-state index contributed by atoms with van der Waals surface area (Å²) in [5.74, 6) is -0.0399. The van der Waals surface area contributed by atoms with Crippen LogP contribution < -0.4 is 10.6 Å². The number of hydrogen-bond donors (Lipinski definition) is 3. The molecule has 3 N–H and O–H groups in total. The van der Waals surface area contributed by atoms with Crippen LogP contribution in [0.15, 0.2) is 12.1 Å². The van der Waals surface area contributed by atoms with Crippen molar-refractivity contribution in [2.24, 2.45) is 0 Å². The number of nitrogens with one attached hydrogen (secondary N) is 2. The van der Waals surface area contributed by atoms with Gasteiger partial charge in [-0.1, -0.05) is 11.6 Å². The van der Waals surface area contributed by atoms with Crippen molar-refractivity contribution in [1.29, 1.82) is 0 Å². The van der Waals surface area contributed by atoms with Gasteiger partial charge in [0.05, 0.1) is 4.34 Å². The Bertz CT molecular complexity index is 361. The van der Waals surface area contributed by atoms with Crippen LogP contribution in [0.1, 0.15) is 23.8 Å². The molecule has 1 amide bonds. The number of thiophene rings is 1. The molecule has 1 rings (SSSR count). The van der Waals surface area contributed by atoms with E-state index in [1.54, 1.807) is 12.1 Å². The fourth-order valence-electron chi connectivity index (χ4n) is 1.33. The van der Waals surface area contributed by atoms with Gasteiger partial charge in [0.1, 0.15) is 6.10 Å². The lowest BCUT2D eigenvalue weighted by Crippen LogP contribution is -2.28. The van der Waals surface area contributed by atoms with E-state index in [2.05, 4.69) is 10.6 Å². The van der Waals surface area contributed by atoms with Crippen LogP contribution in [-0.2, 0) is 4.79 Å². The summed E-state index contributed by atoms with van der Waals surface area (Å²) in [6, 6.07) is 3.50. The molecular weight excluding hydrogens is 295 g/mol. The van der Waals surface area contributed by atoms with Gasteiger partial charge in [-0.2, -0.15) is 0 Å². The summed E-state index contributed by atoms with van der Waals surface area (Å²) >= 11 is 7.09. The SMILES string of the molecule is CNCCCC(=O)NCC(O)c1ccc(Cl)s1.Cl. The monoisotopic (exact) mass is 312 g/mol. The molecule has 0 saturated heterocycles. The highest BCUT2D eigenvalue weighted by molar-refractivity contribution is 7.16. The second-order valence-electron chi connectivity index (χ2n) is 3.67. The normalized spacial score (nSPS) is 11.7. The predicted molar refractivity (Wildman–Crippen MR) is 77.7 cm³/mol. The number of aliphatic hydroxyl groups is 1. The highest BCUT2D eigenvalue weighted by Gasteiger charge is 2.11. The molecule has 18 heavy (non-hydrogen) atoms. The van der Waals surface area contributed by atoms with Gasteiger partial charge in [-0.05, 0) is 32.1 Å². The van der Waals surface area contributed by atoms with Crippen LogP contribution in [0.5, 0.6) is 0 Å². The highest BCUT2D eigenvalue weighted by atomic mass is 35.5. The zero-order valence-corrected chi connectivity index (χ0v) is 12.5. The number of aliphatic hydroxyl groups excluding tert-OH is 1. The lowest BCUT2D eigenvalue weighted by atomic mass is 10.2. The first-order chi connectivity index (χ1) is 8.13. The Hall–Kier alpha value is -0.330. The van der Waals surface area contributed by atoms with Crippen molar-refractivity contribution in [2.45, 2.75) is 18.9 Å². The fraction of sp³-hybridized carbons (Fsp3) is 0.545. The Balaban J connectivity index is 0.00000289. The number of hydrogen-bond acceptors (Lipinski definition) is 4. The van der Waals surface area contributed by atoms with E-state index in [0.717, 1.165) is 17.8 Å². The molecule has 7 heteroatoms. The van der Waals surface area contributed by atoms with Gasteiger partial charge in [0, 0.05) is 17.8 Å². The smallest absolute Gasteiger partial charge is 0.220 e. The average Bonchev–Trinajstić information content (AvgIpc) is 2.73. The molecule has 0 bridgehead atoms. The largest absolute Gasteiger partial charge is 0.386 e. The van der Waals surface area contributed by atoms with E-state index in [1.807, 2.05) is 7.05 Å². The highest BCUT2D eigenvalue weighted by Crippen LogP contribution is 2.26. The lowest BCUT2D eigenvalue weighted by molar-refractivity contribution is -0.121. The van der Waals surface area contributed by atoms with Gasteiger partial charge in [-0.3, -0.25) is 4.79 Å². The van der Waals surface area contributed by atoms with Crippen molar-refractivity contribution < 1.29 is 9.90 Å². The van der Waals surface area contributed by atoms with Crippen LogP contribution in [0.3, 0.4) is 0 Å². The minimum Gasteiger partial charge on any atom is -0.386 e. The summed E-state index contributed by atoms with van der Waals surface area (Å²) in [6.07, 6.45) is 0.586. The number of carbonyl (C=O) groups excluding carboxylic acids is 1. The van der Waals surface area contributed by atoms with Gasteiger partial charge in [0.15, 0.2) is 0 Å². The van der Waals surface area contributed by atoms with Crippen LogP contribution in [0.2, 0.25) is 4.34 Å². The maximum atomic E-state index is 11.4. The molecule has 104 valence electrons. The summed E-state index contributed by atoms with van der Waals surface area (Å²) in [4.78, 5) is 12.2. The summed E-state index contributed by atoms with van der Waals surface area (Å²) in [6.45, 7) is 1.05. The third-order valence-electron chi connectivity index (χ3n) is 2.25. The molecule has 0 aliphatic rings. The molecule has 0 aromatic carbocycles. The molecule has 0 aliphatic heterocycles. The second kappa shape index (κ2) is 9.58. The molecule has 1 heterocycles. The van der Waals surface area contributed by atoms with Gasteiger partial charge >= 0.3 is 0 Å². The van der Waals surface area contributed by atoms with Crippen LogP contribution >= 0.6 is 35.3 Å². The topological polar surface area (TPSA) is 61.4 Å². The first-order valence-corrected chi connectivity index (χ1v) is 6.67. The third kappa shape index (κ3) is 6.56. The summed E-state index contributed by atoms with van der Waals surface area (Å²) in [5.41, 5.74) is 0. The van der Waals surface area contributed by atoms with E-state index in [0.29, 0.717) is 10.8 Å². The first-order valence-electron chi connectivity index (χ1n) is 5.48. The van der Waals surface area contributed by atoms with Crippen molar-refractivity contribution in [2.75, 3.05) is 20.1 Å². The van der Waals surface area contributed by atoms with Crippen molar-refractivity contribution >= 4 is 41.3 Å². The molecule has 0 fully saturated rings. The predicted octanol–water partition coefficient (Wildman–Crippen LogP) is 1.97. The number of halogens is 2. The van der Waals surface area contributed by atoms with Crippen LogP contribution in [0.25, 0.3) is 0 Å². The van der Waals surface area contributed by atoms with Crippen LogP contribution in [-0.4, -0.2) is 31.2 Å². The molecule has 1 aromatic heterocycles. The minimum absolute atomic E-state index is 0. The van der Waals surface area contributed by atoms with E-state index in [1.165, 1.54) is 11.3 Å². The van der Waals surface area contributed by atoms with E-state index >= 15 is 0 Å². The quantitative estimate of drug-likeness (QED) is 0.675.